The van der Waals surface area contributed by atoms with Crippen LogP contribution in [0.4, 0.5) is 5.69 Å². The molecule has 0 radical (unpaired) electrons. The van der Waals surface area contributed by atoms with E-state index in [1.807, 2.05) is 19.1 Å². The van der Waals surface area contributed by atoms with E-state index in [1.54, 1.807) is 6.07 Å². The van der Waals surface area contributed by atoms with Gasteiger partial charge in [-0.2, -0.15) is 0 Å². The number of benzene rings is 1. The third kappa shape index (κ3) is 3.37. The molecule has 0 aliphatic carbocycles. The Hall–Kier alpha value is -0.770. The number of hydrogen-bond donors (Lipinski definition) is 2. The normalized spacial score (nSPS) is 22.3. The smallest absolute Gasteiger partial charge is 0.0527 e. The van der Waals surface area contributed by atoms with Crippen molar-refractivity contribution >= 4 is 17.3 Å². The minimum Gasteiger partial charge on any atom is -0.398 e. The lowest BCUT2D eigenvalue weighted by Gasteiger charge is -2.26. The number of nitrogens with zero attached hydrogens (tertiary/aromatic N) is 1. The summed E-state index contributed by atoms with van der Waals surface area (Å²) in [5, 5.41) is 10.2. The first-order valence-corrected chi connectivity index (χ1v) is 6.90. The van der Waals surface area contributed by atoms with Crippen LogP contribution in [-0.2, 0) is 6.54 Å². The topological polar surface area (TPSA) is 49.5 Å². The van der Waals surface area contributed by atoms with Crippen LogP contribution in [0.3, 0.4) is 0 Å². The molecule has 0 aromatic heterocycles. The Balaban J connectivity index is 2.03. The molecule has 3 N–H and O–H groups in total. The molecule has 18 heavy (non-hydrogen) atoms. The summed E-state index contributed by atoms with van der Waals surface area (Å²) in [5.41, 5.74) is 7.86. The molecule has 1 fully saturated rings. The largest absolute Gasteiger partial charge is 0.398 e. The summed E-state index contributed by atoms with van der Waals surface area (Å²) >= 11 is 5.90. The molecule has 0 spiro atoms. The average Bonchev–Trinajstić information content (AvgIpc) is 2.69. The summed E-state index contributed by atoms with van der Waals surface area (Å²) in [7, 11) is 0. The molecule has 2 rings (SSSR count). The third-order valence-electron chi connectivity index (χ3n) is 3.59. The summed E-state index contributed by atoms with van der Waals surface area (Å²) in [4.78, 5) is 2.41. The predicted molar refractivity (Wildman–Crippen MR) is 75.6 cm³/mol. The van der Waals surface area contributed by atoms with Crippen molar-refractivity contribution in [3.05, 3.63) is 28.8 Å². The van der Waals surface area contributed by atoms with E-state index in [0.29, 0.717) is 11.1 Å². The van der Waals surface area contributed by atoms with Gasteiger partial charge in [0.2, 0.25) is 0 Å². The van der Waals surface area contributed by atoms with Gasteiger partial charge < -0.3 is 10.8 Å². The second-order valence-electron chi connectivity index (χ2n) is 5.19. The highest BCUT2D eigenvalue weighted by molar-refractivity contribution is 6.30. The Bertz CT molecular complexity index is 409. The molecule has 100 valence electrons. The van der Waals surface area contributed by atoms with Gasteiger partial charge in [0.05, 0.1) is 6.10 Å². The van der Waals surface area contributed by atoms with Crippen molar-refractivity contribution in [2.24, 2.45) is 0 Å². The Morgan fingerprint density at radius 1 is 1.56 bits per heavy atom. The van der Waals surface area contributed by atoms with E-state index in [0.717, 1.165) is 30.8 Å². The maximum absolute atomic E-state index is 9.52. The highest BCUT2D eigenvalue weighted by Crippen LogP contribution is 2.26. The summed E-state index contributed by atoms with van der Waals surface area (Å²) in [6, 6.07) is 6.15. The van der Waals surface area contributed by atoms with Crippen LogP contribution in [0.15, 0.2) is 18.2 Å². The van der Waals surface area contributed by atoms with Gasteiger partial charge in [-0.1, -0.05) is 17.7 Å². The summed E-state index contributed by atoms with van der Waals surface area (Å²) in [5.74, 6) is 0. The van der Waals surface area contributed by atoms with Crippen molar-refractivity contribution in [2.75, 3.05) is 12.3 Å². The fourth-order valence-electron chi connectivity index (χ4n) is 2.69. The Morgan fingerprint density at radius 2 is 2.33 bits per heavy atom. The van der Waals surface area contributed by atoms with Crippen LogP contribution in [0.5, 0.6) is 0 Å². The van der Waals surface area contributed by atoms with E-state index in [4.69, 9.17) is 17.3 Å². The van der Waals surface area contributed by atoms with Crippen LogP contribution in [0.25, 0.3) is 0 Å². The molecule has 0 bridgehead atoms. The first kappa shape index (κ1) is 13.7. The first-order chi connectivity index (χ1) is 8.56. The maximum atomic E-state index is 9.52. The lowest BCUT2D eigenvalue weighted by Crippen LogP contribution is -2.31. The molecule has 3 nitrogen and oxygen atoms in total. The van der Waals surface area contributed by atoms with Gasteiger partial charge in [-0.15, -0.1) is 0 Å². The van der Waals surface area contributed by atoms with E-state index >= 15 is 0 Å². The third-order valence-corrected chi connectivity index (χ3v) is 3.83. The summed E-state index contributed by atoms with van der Waals surface area (Å²) < 4.78 is 0. The van der Waals surface area contributed by atoms with E-state index in [-0.39, 0.29) is 6.10 Å². The molecular weight excluding hydrogens is 248 g/mol. The molecule has 1 heterocycles. The zero-order valence-electron chi connectivity index (χ0n) is 10.8. The Kier molecular flexibility index (Phi) is 4.49. The van der Waals surface area contributed by atoms with Gasteiger partial charge in [-0.3, -0.25) is 4.90 Å². The molecule has 1 aliphatic rings. The van der Waals surface area contributed by atoms with Gasteiger partial charge >= 0.3 is 0 Å². The summed E-state index contributed by atoms with van der Waals surface area (Å²) in [6.45, 7) is 3.78. The second kappa shape index (κ2) is 5.91. The molecule has 2 atom stereocenters. The van der Waals surface area contributed by atoms with Gasteiger partial charge in [0.1, 0.15) is 0 Å². The van der Waals surface area contributed by atoms with Gasteiger partial charge in [-0.25, -0.2) is 0 Å². The quantitative estimate of drug-likeness (QED) is 0.826. The second-order valence-corrected chi connectivity index (χ2v) is 5.63. The fourth-order valence-corrected chi connectivity index (χ4v) is 2.87. The number of anilines is 1. The monoisotopic (exact) mass is 268 g/mol. The molecule has 1 aromatic carbocycles. The molecule has 1 aliphatic heterocycles. The van der Waals surface area contributed by atoms with E-state index < -0.39 is 0 Å². The van der Waals surface area contributed by atoms with Crippen molar-refractivity contribution in [3.63, 3.8) is 0 Å². The molecule has 0 amide bonds. The molecule has 2 unspecified atom stereocenters. The number of aliphatic hydroxyl groups excluding tert-OH is 1. The number of hydrogen-bond acceptors (Lipinski definition) is 3. The number of nitrogens with two attached hydrogens (primary N) is 1. The van der Waals surface area contributed by atoms with Crippen molar-refractivity contribution in [2.45, 2.75) is 44.9 Å². The molecule has 1 saturated heterocycles. The average molecular weight is 269 g/mol. The van der Waals surface area contributed by atoms with Gasteiger partial charge in [0.15, 0.2) is 0 Å². The molecule has 1 aromatic rings. The number of rotatable bonds is 4. The van der Waals surface area contributed by atoms with E-state index in [9.17, 15) is 5.11 Å². The van der Waals surface area contributed by atoms with E-state index in [2.05, 4.69) is 4.90 Å². The molecule has 0 saturated carbocycles. The minimum absolute atomic E-state index is 0.238. The van der Waals surface area contributed by atoms with Crippen LogP contribution in [0.1, 0.15) is 31.7 Å². The number of nitrogen functional groups attached to an aromatic ring is 1. The van der Waals surface area contributed by atoms with Gasteiger partial charge in [0, 0.05) is 23.3 Å². The van der Waals surface area contributed by atoms with Gasteiger partial charge in [0.25, 0.3) is 0 Å². The Labute approximate surface area is 114 Å². The number of likely N-dealkylation sites (tertiary alicyclic amines) is 1. The first-order valence-electron chi connectivity index (χ1n) is 6.52. The zero-order chi connectivity index (χ0) is 13.1. The molecular formula is C14H21ClN2O. The molecule has 4 heteroatoms. The summed E-state index contributed by atoms with van der Waals surface area (Å²) in [6.07, 6.45) is 2.97. The lowest BCUT2D eigenvalue weighted by molar-refractivity contribution is 0.131. The van der Waals surface area contributed by atoms with Crippen molar-refractivity contribution < 1.29 is 5.11 Å². The highest BCUT2D eigenvalue weighted by Gasteiger charge is 2.25. The van der Waals surface area contributed by atoms with Crippen LogP contribution < -0.4 is 5.73 Å². The van der Waals surface area contributed by atoms with Gasteiger partial charge in [-0.05, 0) is 50.4 Å². The SMILES string of the molecule is CC(O)CC1CCCN1Cc1ccc(Cl)cc1N. The van der Waals surface area contributed by atoms with Crippen LogP contribution >= 0.6 is 11.6 Å². The van der Waals surface area contributed by atoms with Crippen molar-refractivity contribution in [1.29, 1.82) is 0 Å². The standard InChI is InChI=1S/C14H21ClN2O/c1-10(18)7-13-3-2-6-17(13)9-11-4-5-12(15)8-14(11)16/h4-5,8,10,13,18H,2-3,6-7,9,16H2,1H3. The van der Waals surface area contributed by atoms with E-state index in [1.165, 1.54) is 12.8 Å². The zero-order valence-corrected chi connectivity index (χ0v) is 11.5. The predicted octanol–water partition coefficient (Wildman–Crippen LogP) is 2.66. The fraction of sp³-hybridized carbons (Fsp3) is 0.571. The minimum atomic E-state index is -0.238. The highest BCUT2D eigenvalue weighted by atomic mass is 35.5. The lowest BCUT2D eigenvalue weighted by atomic mass is 10.1. The van der Waals surface area contributed by atoms with Crippen molar-refractivity contribution in [3.8, 4) is 0 Å². The van der Waals surface area contributed by atoms with Crippen LogP contribution in [0, 0.1) is 0 Å². The number of halogens is 1. The van der Waals surface area contributed by atoms with Crippen molar-refractivity contribution in [1.82, 2.24) is 4.90 Å². The maximum Gasteiger partial charge on any atom is 0.0527 e. The Morgan fingerprint density at radius 3 is 3.00 bits per heavy atom. The van der Waals surface area contributed by atoms with Crippen LogP contribution in [-0.4, -0.2) is 28.7 Å². The number of aliphatic hydroxyl groups is 1. The van der Waals surface area contributed by atoms with Crippen LogP contribution in [0.2, 0.25) is 5.02 Å².